The van der Waals surface area contributed by atoms with Crippen molar-refractivity contribution in [2.45, 2.75) is 6.04 Å². The minimum absolute atomic E-state index is 0.0187. The van der Waals surface area contributed by atoms with E-state index in [1.54, 1.807) is 0 Å². The normalized spacial score (nSPS) is 32.5. The average Bonchev–Trinajstić information content (AvgIpc) is 2.07. The van der Waals surface area contributed by atoms with Gasteiger partial charge in [-0.3, -0.25) is 0 Å². The molecule has 0 spiro atoms. The fourth-order valence-electron chi connectivity index (χ4n) is 0.972. The van der Waals surface area contributed by atoms with Gasteiger partial charge in [0, 0.05) is 0 Å². The maximum Gasteiger partial charge on any atom is 0.157 e. The minimum atomic E-state index is -3.00. The summed E-state index contributed by atoms with van der Waals surface area (Å²) in [5.74, 6) is -0.0861. The predicted octanol–water partition coefficient (Wildman–Crippen LogP) is -1.26. The molecule has 1 saturated heterocycles. The molecule has 1 heterocycles. The summed E-state index contributed by atoms with van der Waals surface area (Å²) in [4.78, 5) is 4.43. The van der Waals surface area contributed by atoms with Crippen LogP contribution in [0.5, 0.6) is 0 Å². The second-order valence-corrected chi connectivity index (χ2v) is 4.54. The molecule has 0 saturated carbocycles. The first kappa shape index (κ1) is 8.48. The highest BCUT2D eigenvalue weighted by Gasteiger charge is 2.31. The number of nitrogens with two attached hydrogens (primary N) is 1. The van der Waals surface area contributed by atoms with Crippen LogP contribution in [0.25, 0.3) is 0 Å². The first-order chi connectivity index (χ1) is 5.05. The number of hydrogen-bond donors (Lipinski definition) is 1. The van der Waals surface area contributed by atoms with Crippen molar-refractivity contribution in [3.8, 4) is 0 Å². The quantitative estimate of drug-likeness (QED) is 0.508. The van der Waals surface area contributed by atoms with Crippen LogP contribution in [0.2, 0.25) is 0 Å². The molecule has 0 radical (unpaired) electrons. The summed E-state index contributed by atoms with van der Waals surface area (Å²) in [6.07, 6.45) is 0. The van der Waals surface area contributed by atoms with Gasteiger partial charge in [-0.05, 0) is 0 Å². The molecule has 2 N–H and O–H groups in total. The van der Waals surface area contributed by atoms with Gasteiger partial charge in [0.2, 0.25) is 0 Å². The van der Waals surface area contributed by atoms with Gasteiger partial charge in [-0.1, -0.05) is 5.16 Å². The molecular weight excluding hydrogens is 168 g/mol. The Bertz CT molecular complexity index is 269. The van der Waals surface area contributed by atoms with Crippen LogP contribution in [-0.4, -0.2) is 38.8 Å². The summed E-state index contributed by atoms with van der Waals surface area (Å²) >= 11 is 0. The van der Waals surface area contributed by atoms with Crippen molar-refractivity contribution in [3.63, 3.8) is 0 Å². The summed E-state index contributed by atoms with van der Waals surface area (Å²) < 4.78 is 21.8. The van der Waals surface area contributed by atoms with Crippen LogP contribution in [0.4, 0.5) is 0 Å². The molecule has 5 nitrogen and oxygen atoms in total. The summed E-state index contributed by atoms with van der Waals surface area (Å²) in [7, 11) is -1.64. The molecule has 0 aromatic heterocycles. The standard InChI is InChI=1S/C5H10N2O3S/c1-10-7-5-3-11(8,9)2-4(5)6/h4H,2-3,6H2,1H3. The zero-order chi connectivity index (χ0) is 8.48. The number of oxime groups is 1. The van der Waals surface area contributed by atoms with E-state index in [1.165, 1.54) is 7.11 Å². The van der Waals surface area contributed by atoms with Gasteiger partial charge in [-0.15, -0.1) is 0 Å². The Morgan fingerprint density at radius 3 is 2.73 bits per heavy atom. The third-order valence-corrected chi connectivity index (χ3v) is 3.04. The number of nitrogens with zero attached hydrogens (tertiary/aromatic N) is 1. The zero-order valence-corrected chi connectivity index (χ0v) is 6.97. The Kier molecular flexibility index (Phi) is 2.15. The molecule has 1 aliphatic rings. The minimum Gasteiger partial charge on any atom is -0.399 e. The highest BCUT2D eigenvalue weighted by Crippen LogP contribution is 2.07. The van der Waals surface area contributed by atoms with Gasteiger partial charge < -0.3 is 10.6 Å². The highest BCUT2D eigenvalue weighted by molar-refractivity contribution is 7.92. The largest absolute Gasteiger partial charge is 0.399 e. The fourth-order valence-corrected chi connectivity index (χ4v) is 2.55. The summed E-state index contributed by atoms with van der Waals surface area (Å²) in [5.41, 5.74) is 5.86. The van der Waals surface area contributed by atoms with Gasteiger partial charge in [-0.2, -0.15) is 0 Å². The van der Waals surface area contributed by atoms with Crippen LogP contribution in [0, 0.1) is 0 Å². The molecule has 11 heavy (non-hydrogen) atoms. The Labute approximate surface area is 65.1 Å². The van der Waals surface area contributed by atoms with Crippen LogP contribution in [-0.2, 0) is 14.7 Å². The lowest BCUT2D eigenvalue weighted by molar-refractivity contribution is 0.212. The van der Waals surface area contributed by atoms with Gasteiger partial charge in [0.05, 0.1) is 23.3 Å². The van der Waals surface area contributed by atoms with Crippen LogP contribution < -0.4 is 5.73 Å². The van der Waals surface area contributed by atoms with Gasteiger partial charge in [0.25, 0.3) is 0 Å². The fraction of sp³-hybridized carbons (Fsp3) is 0.800. The van der Waals surface area contributed by atoms with Crippen molar-refractivity contribution in [1.82, 2.24) is 0 Å². The second kappa shape index (κ2) is 2.78. The summed E-state index contributed by atoms with van der Waals surface area (Å²) in [6.45, 7) is 0. The molecule has 0 aromatic carbocycles. The Hall–Kier alpha value is -0.620. The van der Waals surface area contributed by atoms with E-state index >= 15 is 0 Å². The van der Waals surface area contributed by atoms with Crippen LogP contribution >= 0.6 is 0 Å². The summed E-state index contributed by atoms with van der Waals surface area (Å²) in [6, 6.07) is -0.486. The molecule has 0 aromatic rings. The van der Waals surface area contributed by atoms with Gasteiger partial charge >= 0.3 is 0 Å². The number of rotatable bonds is 1. The SMILES string of the molecule is CON=C1CS(=O)(=O)CC1N. The smallest absolute Gasteiger partial charge is 0.157 e. The maximum absolute atomic E-state index is 10.9. The van der Waals surface area contributed by atoms with Crippen molar-refractivity contribution in [2.24, 2.45) is 10.9 Å². The van der Waals surface area contributed by atoms with E-state index in [0.29, 0.717) is 5.71 Å². The molecule has 1 rings (SSSR count). The zero-order valence-electron chi connectivity index (χ0n) is 6.15. The lowest BCUT2D eigenvalue weighted by Crippen LogP contribution is -2.28. The Balaban J connectivity index is 2.83. The van der Waals surface area contributed by atoms with Crippen molar-refractivity contribution >= 4 is 15.5 Å². The van der Waals surface area contributed by atoms with Gasteiger partial charge in [-0.25, -0.2) is 8.42 Å². The third-order valence-electron chi connectivity index (χ3n) is 1.44. The second-order valence-electron chi connectivity index (χ2n) is 2.43. The van der Waals surface area contributed by atoms with E-state index in [4.69, 9.17) is 5.73 Å². The molecule has 0 aliphatic carbocycles. The van der Waals surface area contributed by atoms with Crippen LogP contribution in [0.3, 0.4) is 0 Å². The molecule has 64 valence electrons. The van der Waals surface area contributed by atoms with Gasteiger partial charge in [0.1, 0.15) is 7.11 Å². The number of sulfone groups is 1. The lowest BCUT2D eigenvalue weighted by atomic mass is 10.2. The average molecular weight is 178 g/mol. The molecule has 6 heteroatoms. The Morgan fingerprint density at radius 1 is 1.73 bits per heavy atom. The first-order valence-electron chi connectivity index (χ1n) is 3.11. The Morgan fingerprint density at radius 2 is 2.36 bits per heavy atom. The van der Waals surface area contributed by atoms with Crippen LogP contribution in [0.1, 0.15) is 0 Å². The van der Waals surface area contributed by atoms with Crippen molar-refractivity contribution in [2.75, 3.05) is 18.6 Å². The molecule has 1 unspecified atom stereocenters. The lowest BCUT2D eigenvalue weighted by Gasteiger charge is -1.97. The molecule has 1 atom stereocenters. The molecule has 1 aliphatic heterocycles. The molecule has 1 fully saturated rings. The summed E-state index contributed by atoms with van der Waals surface area (Å²) in [5, 5.41) is 3.51. The number of hydrogen-bond acceptors (Lipinski definition) is 5. The topological polar surface area (TPSA) is 81.8 Å². The highest BCUT2D eigenvalue weighted by atomic mass is 32.2. The van der Waals surface area contributed by atoms with Crippen molar-refractivity contribution < 1.29 is 13.3 Å². The van der Waals surface area contributed by atoms with E-state index in [1.807, 2.05) is 0 Å². The van der Waals surface area contributed by atoms with E-state index in [-0.39, 0.29) is 11.5 Å². The van der Waals surface area contributed by atoms with E-state index in [2.05, 4.69) is 9.99 Å². The van der Waals surface area contributed by atoms with E-state index in [9.17, 15) is 8.42 Å². The molecule has 0 bridgehead atoms. The van der Waals surface area contributed by atoms with Crippen molar-refractivity contribution in [3.05, 3.63) is 0 Å². The maximum atomic E-state index is 10.9. The molecule has 0 amide bonds. The van der Waals surface area contributed by atoms with E-state index in [0.717, 1.165) is 0 Å². The first-order valence-corrected chi connectivity index (χ1v) is 4.93. The monoisotopic (exact) mass is 178 g/mol. The van der Waals surface area contributed by atoms with Gasteiger partial charge in [0.15, 0.2) is 9.84 Å². The third kappa shape index (κ3) is 1.90. The predicted molar refractivity (Wildman–Crippen MR) is 41.1 cm³/mol. The molecular formula is C5H10N2O3S. The van der Waals surface area contributed by atoms with Crippen molar-refractivity contribution in [1.29, 1.82) is 0 Å². The van der Waals surface area contributed by atoms with Crippen LogP contribution in [0.15, 0.2) is 5.16 Å². The van der Waals surface area contributed by atoms with E-state index < -0.39 is 15.9 Å².